The normalized spacial score (nSPS) is 11.2. The van der Waals surface area contributed by atoms with E-state index in [-0.39, 0.29) is 0 Å². The van der Waals surface area contributed by atoms with Crippen LogP contribution < -0.4 is 4.90 Å². The van der Waals surface area contributed by atoms with Crippen LogP contribution in [0.1, 0.15) is 0 Å². The molecule has 1 aromatic heterocycles. The Kier molecular flexibility index (Phi) is 7.53. The molecule has 1 heterocycles. The molecule has 9 rings (SSSR count). The maximum absolute atomic E-state index is 6.20. The minimum Gasteiger partial charge on any atom is -0.456 e. The van der Waals surface area contributed by atoms with Crippen molar-refractivity contribution in [1.29, 1.82) is 0 Å². The number of anilines is 3. The van der Waals surface area contributed by atoms with E-state index in [9.17, 15) is 0 Å². The standard InChI is InChI=1S/C48H33NO/c1-3-13-34(14-4-1)41-17-7-9-19-43(41)36-23-27-38(28-24-36)49(40-31-32-48-46(33-40)45-21-11-12-22-47(45)50-48)39-29-25-37(26-30-39)44-20-10-8-18-42(44)35-15-5-2-6-16-35/h1-33H. The first kappa shape index (κ1) is 29.5. The van der Waals surface area contributed by atoms with E-state index in [0.29, 0.717) is 0 Å². The van der Waals surface area contributed by atoms with Crippen LogP contribution in [0.4, 0.5) is 17.1 Å². The molecule has 0 amide bonds. The van der Waals surface area contributed by atoms with Gasteiger partial charge in [-0.2, -0.15) is 0 Å². The highest BCUT2D eigenvalue weighted by Gasteiger charge is 2.17. The van der Waals surface area contributed by atoms with E-state index in [2.05, 4.69) is 193 Å². The lowest BCUT2D eigenvalue weighted by Crippen LogP contribution is -2.09. The summed E-state index contributed by atoms with van der Waals surface area (Å²) in [5, 5.41) is 2.22. The highest BCUT2D eigenvalue weighted by atomic mass is 16.3. The number of furan rings is 1. The monoisotopic (exact) mass is 639 g/mol. The Morgan fingerprint density at radius 2 is 0.660 bits per heavy atom. The van der Waals surface area contributed by atoms with Crippen LogP contribution in [0.5, 0.6) is 0 Å². The largest absolute Gasteiger partial charge is 0.456 e. The van der Waals surface area contributed by atoms with Crippen LogP contribution >= 0.6 is 0 Å². The Morgan fingerprint density at radius 3 is 1.16 bits per heavy atom. The maximum atomic E-state index is 6.20. The molecule has 236 valence electrons. The average molecular weight is 640 g/mol. The molecular weight excluding hydrogens is 607 g/mol. The SMILES string of the molecule is c1ccc(-c2ccccc2-c2ccc(N(c3ccc(-c4ccccc4-c4ccccc4)cc3)c3ccc4oc5ccccc5c4c3)cc2)cc1. The van der Waals surface area contributed by atoms with Gasteiger partial charge in [-0.25, -0.2) is 0 Å². The lowest BCUT2D eigenvalue weighted by molar-refractivity contribution is 0.669. The molecule has 0 aliphatic carbocycles. The number of hydrogen-bond donors (Lipinski definition) is 0. The smallest absolute Gasteiger partial charge is 0.135 e. The average Bonchev–Trinajstić information content (AvgIpc) is 3.57. The predicted octanol–water partition coefficient (Wildman–Crippen LogP) is 13.7. The van der Waals surface area contributed by atoms with Gasteiger partial charge in [0.1, 0.15) is 11.2 Å². The van der Waals surface area contributed by atoms with Gasteiger partial charge in [0, 0.05) is 27.8 Å². The van der Waals surface area contributed by atoms with Crippen molar-refractivity contribution < 1.29 is 4.42 Å². The van der Waals surface area contributed by atoms with E-state index >= 15 is 0 Å². The first-order chi connectivity index (χ1) is 24.8. The summed E-state index contributed by atoms with van der Waals surface area (Å²) < 4.78 is 6.20. The van der Waals surface area contributed by atoms with E-state index < -0.39 is 0 Å². The van der Waals surface area contributed by atoms with Crippen molar-refractivity contribution in [1.82, 2.24) is 0 Å². The summed E-state index contributed by atoms with van der Waals surface area (Å²) in [4.78, 5) is 2.33. The van der Waals surface area contributed by atoms with Gasteiger partial charge in [0.05, 0.1) is 0 Å². The molecule has 0 saturated heterocycles. The summed E-state index contributed by atoms with van der Waals surface area (Å²) in [5.74, 6) is 0. The minimum absolute atomic E-state index is 0.885. The van der Waals surface area contributed by atoms with Crippen molar-refractivity contribution >= 4 is 39.0 Å². The first-order valence-corrected chi connectivity index (χ1v) is 17.0. The predicted molar refractivity (Wildman–Crippen MR) is 210 cm³/mol. The fourth-order valence-corrected chi connectivity index (χ4v) is 7.09. The molecule has 0 bridgehead atoms. The van der Waals surface area contributed by atoms with Crippen LogP contribution in [0, 0.1) is 0 Å². The molecule has 2 heteroatoms. The van der Waals surface area contributed by atoms with Crippen LogP contribution in [-0.4, -0.2) is 0 Å². The van der Waals surface area contributed by atoms with Gasteiger partial charge < -0.3 is 9.32 Å². The van der Waals surface area contributed by atoms with Crippen LogP contribution in [0.15, 0.2) is 205 Å². The number of benzene rings is 8. The zero-order valence-electron chi connectivity index (χ0n) is 27.4. The van der Waals surface area contributed by atoms with E-state index in [1.807, 2.05) is 12.1 Å². The first-order valence-electron chi connectivity index (χ1n) is 17.0. The van der Waals surface area contributed by atoms with Gasteiger partial charge in [0.15, 0.2) is 0 Å². The second kappa shape index (κ2) is 12.8. The fourth-order valence-electron chi connectivity index (χ4n) is 7.09. The maximum Gasteiger partial charge on any atom is 0.135 e. The number of nitrogens with zero attached hydrogens (tertiary/aromatic N) is 1. The third-order valence-electron chi connectivity index (χ3n) is 9.52. The minimum atomic E-state index is 0.885. The van der Waals surface area contributed by atoms with Gasteiger partial charge >= 0.3 is 0 Å². The molecule has 8 aromatic carbocycles. The molecule has 0 N–H and O–H groups in total. The van der Waals surface area contributed by atoms with Crippen molar-refractivity contribution in [2.75, 3.05) is 4.90 Å². The molecule has 2 nitrogen and oxygen atoms in total. The van der Waals surface area contributed by atoms with Gasteiger partial charge in [-0.3, -0.25) is 0 Å². The van der Waals surface area contributed by atoms with Gasteiger partial charge in [-0.05, 0) is 93.0 Å². The van der Waals surface area contributed by atoms with Crippen LogP contribution in [0.3, 0.4) is 0 Å². The Labute approximate surface area is 292 Å². The topological polar surface area (TPSA) is 16.4 Å². The number of para-hydroxylation sites is 1. The van der Waals surface area contributed by atoms with Crippen LogP contribution in [0.25, 0.3) is 66.4 Å². The van der Waals surface area contributed by atoms with Gasteiger partial charge in [0.25, 0.3) is 0 Å². The zero-order chi connectivity index (χ0) is 33.3. The lowest BCUT2D eigenvalue weighted by Gasteiger charge is -2.26. The molecule has 9 aromatic rings. The van der Waals surface area contributed by atoms with Crippen LogP contribution in [0.2, 0.25) is 0 Å². The Morgan fingerprint density at radius 1 is 0.280 bits per heavy atom. The Bertz CT molecular complexity index is 2440. The quantitative estimate of drug-likeness (QED) is 0.173. The zero-order valence-corrected chi connectivity index (χ0v) is 27.4. The third kappa shape index (κ3) is 5.43. The summed E-state index contributed by atoms with van der Waals surface area (Å²) in [6.07, 6.45) is 0. The van der Waals surface area contributed by atoms with E-state index in [1.165, 1.54) is 44.5 Å². The molecule has 0 spiro atoms. The van der Waals surface area contributed by atoms with E-state index in [0.717, 1.165) is 39.0 Å². The number of rotatable bonds is 7. The molecule has 0 aliphatic rings. The summed E-state index contributed by atoms with van der Waals surface area (Å²) in [6, 6.07) is 71.1. The van der Waals surface area contributed by atoms with Gasteiger partial charge in [-0.15, -0.1) is 0 Å². The fraction of sp³-hybridized carbons (Fsp3) is 0. The van der Waals surface area contributed by atoms with E-state index in [4.69, 9.17) is 4.42 Å². The molecule has 0 atom stereocenters. The number of hydrogen-bond acceptors (Lipinski definition) is 2. The highest BCUT2D eigenvalue weighted by molar-refractivity contribution is 6.06. The molecule has 0 unspecified atom stereocenters. The second-order valence-corrected chi connectivity index (χ2v) is 12.5. The van der Waals surface area contributed by atoms with Crippen molar-refractivity contribution in [3.8, 4) is 44.5 Å². The van der Waals surface area contributed by atoms with Crippen molar-refractivity contribution in [2.45, 2.75) is 0 Å². The van der Waals surface area contributed by atoms with Crippen LogP contribution in [-0.2, 0) is 0 Å². The molecule has 50 heavy (non-hydrogen) atoms. The summed E-state index contributed by atoms with van der Waals surface area (Å²) >= 11 is 0. The molecule has 0 saturated carbocycles. The summed E-state index contributed by atoms with van der Waals surface area (Å²) in [5.41, 5.74) is 14.7. The Balaban J connectivity index is 1.15. The van der Waals surface area contributed by atoms with Gasteiger partial charge in [0.2, 0.25) is 0 Å². The molecule has 0 radical (unpaired) electrons. The number of fused-ring (bicyclic) bond motifs is 3. The van der Waals surface area contributed by atoms with Crippen molar-refractivity contribution in [2.24, 2.45) is 0 Å². The molecule has 0 fully saturated rings. The molecular formula is C48H33NO. The second-order valence-electron chi connectivity index (χ2n) is 12.5. The molecule has 0 aliphatic heterocycles. The van der Waals surface area contributed by atoms with Gasteiger partial charge in [-0.1, -0.05) is 152 Å². The summed E-state index contributed by atoms with van der Waals surface area (Å²) in [6.45, 7) is 0. The van der Waals surface area contributed by atoms with E-state index in [1.54, 1.807) is 0 Å². The lowest BCUT2D eigenvalue weighted by atomic mass is 9.94. The highest BCUT2D eigenvalue weighted by Crippen LogP contribution is 2.41. The van der Waals surface area contributed by atoms with Crippen molar-refractivity contribution in [3.63, 3.8) is 0 Å². The summed E-state index contributed by atoms with van der Waals surface area (Å²) in [7, 11) is 0. The Hall–Kier alpha value is -6.64. The third-order valence-corrected chi connectivity index (χ3v) is 9.52. The van der Waals surface area contributed by atoms with Crippen molar-refractivity contribution in [3.05, 3.63) is 200 Å².